The molecule has 2 aliphatic heterocycles. The number of likely N-dealkylation sites (tertiary alicyclic amines) is 2. The zero-order valence-corrected chi connectivity index (χ0v) is 15.4. The third-order valence-electron chi connectivity index (χ3n) is 5.87. The van der Waals surface area contributed by atoms with Crippen LogP contribution >= 0.6 is 0 Å². The highest BCUT2D eigenvalue weighted by Gasteiger charge is 2.35. The van der Waals surface area contributed by atoms with Crippen LogP contribution in [0.15, 0.2) is 60.7 Å². The van der Waals surface area contributed by atoms with Gasteiger partial charge in [-0.15, -0.1) is 0 Å². The molecule has 2 saturated heterocycles. The van der Waals surface area contributed by atoms with Crippen molar-refractivity contribution in [3.63, 3.8) is 0 Å². The van der Waals surface area contributed by atoms with Gasteiger partial charge in [0.15, 0.2) is 0 Å². The fraction of sp³-hybridized carbons (Fsp3) is 0.435. The molecule has 2 aromatic rings. The predicted octanol–water partition coefficient (Wildman–Crippen LogP) is 4.23. The molecule has 0 saturated carbocycles. The third-order valence-corrected chi connectivity index (χ3v) is 5.87. The summed E-state index contributed by atoms with van der Waals surface area (Å²) >= 11 is 0. The van der Waals surface area contributed by atoms with E-state index in [1.54, 1.807) is 0 Å². The standard InChI is InChI=1S/C23H28N2O/c26-23-21(19-10-3-1-4-11-19)14-9-17-25(23)22(18-24-15-7-8-16-24)20-12-5-2-6-13-20/h1-6,10-13,21-22H,7-9,14-18H2/t21-,22?/m0/s1. The van der Waals surface area contributed by atoms with E-state index in [-0.39, 0.29) is 12.0 Å². The molecule has 2 fully saturated rings. The van der Waals surface area contributed by atoms with Gasteiger partial charge in [0.05, 0.1) is 12.0 Å². The maximum atomic E-state index is 13.4. The molecular formula is C23H28N2O. The first-order chi connectivity index (χ1) is 12.8. The number of rotatable bonds is 5. The number of amides is 1. The van der Waals surface area contributed by atoms with Gasteiger partial charge in [0.2, 0.25) is 5.91 Å². The molecule has 1 amide bonds. The molecular weight excluding hydrogens is 320 g/mol. The van der Waals surface area contributed by atoms with E-state index in [9.17, 15) is 4.79 Å². The number of hydrogen-bond acceptors (Lipinski definition) is 2. The van der Waals surface area contributed by atoms with Crippen LogP contribution in [0, 0.1) is 0 Å². The van der Waals surface area contributed by atoms with Crippen LogP contribution in [0.1, 0.15) is 48.8 Å². The molecule has 2 atom stereocenters. The molecule has 0 aromatic heterocycles. The molecule has 2 heterocycles. The van der Waals surface area contributed by atoms with Crippen LogP contribution in [0.4, 0.5) is 0 Å². The summed E-state index contributed by atoms with van der Waals surface area (Å²) in [7, 11) is 0. The van der Waals surface area contributed by atoms with Gasteiger partial charge in [-0.05, 0) is 49.9 Å². The Morgan fingerprint density at radius 3 is 2.19 bits per heavy atom. The van der Waals surface area contributed by atoms with Gasteiger partial charge in [0.25, 0.3) is 0 Å². The number of carbonyl (C=O) groups excluding carboxylic acids is 1. The van der Waals surface area contributed by atoms with E-state index in [2.05, 4.69) is 52.3 Å². The summed E-state index contributed by atoms with van der Waals surface area (Å²) in [4.78, 5) is 18.1. The molecule has 0 N–H and O–H groups in total. The SMILES string of the molecule is O=C1[C@H](c2ccccc2)CCCN1C(CN1CCCC1)c1ccccc1. The van der Waals surface area contributed by atoms with E-state index in [1.165, 1.54) is 18.4 Å². The highest BCUT2D eigenvalue weighted by atomic mass is 16.2. The number of hydrogen-bond donors (Lipinski definition) is 0. The summed E-state index contributed by atoms with van der Waals surface area (Å²) in [5.74, 6) is 0.310. The van der Waals surface area contributed by atoms with Crippen molar-refractivity contribution in [2.45, 2.75) is 37.6 Å². The average molecular weight is 348 g/mol. The van der Waals surface area contributed by atoms with Crippen LogP contribution in [0.5, 0.6) is 0 Å². The van der Waals surface area contributed by atoms with Crippen molar-refractivity contribution in [3.8, 4) is 0 Å². The second kappa shape index (κ2) is 8.05. The lowest BCUT2D eigenvalue weighted by Gasteiger charge is -2.40. The van der Waals surface area contributed by atoms with Crippen LogP contribution in [0.25, 0.3) is 0 Å². The Balaban J connectivity index is 1.60. The Bertz CT molecular complexity index is 710. The van der Waals surface area contributed by atoms with Crippen molar-refractivity contribution < 1.29 is 4.79 Å². The van der Waals surface area contributed by atoms with E-state index >= 15 is 0 Å². The van der Waals surface area contributed by atoms with E-state index in [1.807, 2.05) is 18.2 Å². The zero-order valence-electron chi connectivity index (χ0n) is 15.4. The molecule has 0 bridgehead atoms. The first-order valence-electron chi connectivity index (χ1n) is 9.95. The van der Waals surface area contributed by atoms with Gasteiger partial charge < -0.3 is 9.80 Å². The summed E-state index contributed by atoms with van der Waals surface area (Å²) < 4.78 is 0. The summed E-state index contributed by atoms with van der Waals surface area (Å²) in [5.41, 5.74) is 2.43. The average Bonchev–Trinajstić information content (AvgIpc) is 3.21. The maximum Gasteiger partial charge on any atom is 0.230 e. The van der Waals surface area contributed by atoms with Gasteiger partial charge in [-0.1, -0.05) is 60.7 Å². The minimum Gasteiger partial charge on any atom is -0.334 e. The molecule has 1 unspecified atom stereocenters. The third kappa shape index (κ3) is 3.68. The van der Waals surface area contributed by atoms with Crippen molar-refractivity contribution >= 4 is 5.91 Å². The Hall–Kier alpha value is -2.13. The predicted molar refractivity (Wildman–Crippen MR) is 105 cm³/mol. The molecule has 2 aliphatic rings. The van der Waals surface area contributed by atoms with Gasteiger partial charge in [-0.25, -0.2) is 0 Å². The molecule has 3 nitrogen and oxygen atoms in total. The molecule has 136 valence electrons. The molecule has 4 rings (SSSR count). The van der Waals surface area contributed by atoms with E-state index in [0.717, 1.165) is 44.6 Å². The van der Waals surface area contributed by atoms with Crippen LogP contribution < -0.4 is 0 Å². The summed E-state index contributed by atoms with van der Waals surface area (Å²) in [5, 5.41) is 0. The first-order valence-corrected chi connectivity index (χ1v) is 9.95. The minimum atomic E-state index is 0.00902. The second-order valence-corrected chi connectivity index (χ2v) is 7.57. The Morgan fingerprint density at radius 2 is 1.50 bits per heavy atom. The van der Waals surface area contributed by atoms with Gasteiger partial charge in [0, 0.05) is 13.1 Å². The Labute approximate surface area is 156 Å². The van der Waals surface area contributed by atoms with Crippen LogP contribution in [0.2, 0.25) is 0 Å². The number of piperidine rings is 1. The molecule has 0 aliphatic carbocycles. The number of carbonyl (C=O) groups is 1. The lowest BCUT2D eigenvalue weighted by molar-refractivity contribution is -0.138. The maximum absolute atomic E-state index is 13.4. The molecule has 2 aromatic carbocycles. The summed E-state index contributed by atoms with van der Waals surface area (Å²) in [6.07, 6.45) is 4.60. The van der Waals surface area contributed by atoms with Crippen molar-refractivity contribution in [3.05, 3.63) is 71.8 Å². The van der Waals surface area contributed by atoms with Gasteiger partial charge in [-0.3, -0.25) is 4.79 Å². The van der Waals surface area contributed by atoms with Crippen molar-refractivity contribution in [1.29, 1.82) is 0 Å². The molecule has 26 heavy (non-hydrogen) atoms. The highest BCUT2D eigenvalue weighted by Crippen LogP contribution is 2.34. The normalized spacial score (nSPS) is 22.5. The fourth-order valence-corrected chi connectivity index (χ4v) is 4.47. The molecule has 0 spiro atoms. The van der Waals surface area contributed by atoms with Gasteiger partial charge in [-0.2, -0.15) is 0 Å². The number of nitrogens with zero attached hydrogens (tertiary/aromatic N) is 2. The van der Waals surface area contributed by atoms with E-state index in [4.69, 9.17) is 0 Å². The van der Waals surface area contributed by atoms with Gasteiger partial charge in [0.1, 0.15) is 0 Å². The van der Waals surface area contributed by atoms with Crippen LogP contribution in [0.3, 0.4) is 0 Å². The Morgan fingerprint density at radius 1 is 0.846 bits per heavy atom. The minimum absolute atomic E-state index is 0.00902. The lowest BCUT2D eigenvalue weighted by atomic mass is 9.88. The van der Waals surface area contributed by atoms with Crippen LogP contribution in [-0.4, -0.2) is 41.9 Å². The van der Waals surface area contributed by atoms with Crippen molar-refractivity contribution in [2.24, 2.45) is 0 Å². The first kappa shape index (κ1) is 17.3. The second-order valence-electron chi connectivity index (χ2n) is 7.57. The van der Waals surface area contributed by atoms with Crippen molar-refractivity contribution in [1.82, 2.24) is 9.80 Å². The van der Waals surface area contributed by atoms with E-state index < -0.39 is 0 Å². The number of benzene rings is 2. The lowest BCUT2D eigenvalue weighted by Crippen LogP contribution is -2.46. The fourth-order valence-electron chi connectivity index (χ4n) is 4.47. The molecule has 0 radical (unpaired) electrons. The topological polar surface area (TPSA) is 23.6 Å². The Kier molecular flexibility index (Phi) is 5.35. The highest BCUT2D eigenvalue weighted by molar-refractivity contribution is 5.85. The van der Waals surface area contributed by atoms with Crippen LogP contribution in [-0.2, 0) is 4.79 Å². The monoisotopic (exact) mass is 348 g/mol. The summed E-state index contributed by atoms with van der Waals surface area (Å²) in [6.45, 7) is 4.15. The van der Waals surface area contributed by atoms with Gasteiger partial charge >= 0.3 is 0 Å². The quantitative estimate of drug-likeness (QED) is 0.807. The summed E-state index contributed by atoms with van der Waals surface area (Å²) in [6, 6.07) is 21.1. The van der Waals surface area contributed by atoms with Crippen molar-refractivity contribution in [2.75, 3.05) is 26.2 Å². The zero-order chi connectivity index (χ0) is 17.8. The molecule has 3 heteroatoms. The van der Waals surface area contributed by atoms with E-state index in [0.29, 0.717) is 5.91 Å². The smallest absolute Gasteiger partial charge is 0.230 e. The largest absolute Gasteiger partial charge is 0.334 e.